The third-order valence-corrected chi connectivity index (χ3v) is 8.07. The first kappa shape index (κ1) is 24.2. The maximum Gasteiger partial charge on any atom is 0.143 e. The van der Waals surface area contributed by atoms with Crippen LogP contribution in [0.3, 0.4) is 0 Å². The summed E-state index contributed by atoms with van der Waals surface area (Å²) in [5, 5.41) is 4.63. The summed E-state index contributed by atoms with van der Waals surface area (Å²) in [6, 6.07) is 57.8. The first-order valence-corrected chi connectivity index (χ1v) is 14.3. The third kappa shape index (κ3) is 4.13. The Bertz CT molecular complexity index is 2160. The lowest BCUT2D eigenvalue weighted by Gasteiger charge is -2.26. The number of para-hydroxylation sites is 1. The van der Waals surface area contributed by atoms with Gasteiger partial charge in [-0.25, -0.2) is 0 Å². The van der Waals surface area contributed by atoms with E-state index in [1.807, 2.05) is 0 Å². The highest BCUT2D eigenvalue weighted by atomic mass is 16.3. The highest BCUT2D eigenvalue weighted by Gasteiger charge is 2.16. The molecular formula is C40H27NO. The molecule has 42 heavy (non-hydrogen) atoms. The second kappa shape index (κ2) is 10.1. The van der Waals surface area contributed by atoms with E-state index in [0.717, 1.165) is 50.0 Å². The quantitative estimate of drug-likeness (QED) is 0.217. The maximum atomic E-state index is 6.44. The van der Waals surface area contributed by atoms with E-state index in [0.29, 0.717) is 0 Å². The van der Waals surface area contributed by atoms with Gasteiger partial charge in [-0.2, -0.15) is 0 Å². The fourth-order valence-corrected chi connectivity index (χ4v) is 6.04. The summed E-state index contributed by atoms with van der Waals surface area (Å²) < 4.78 is 6.44. The van der Waals surface area contributed by atoms with E-state index in [2.05, 4.69) is 169 Å². The number of furan rings is 1. The lowest BCUT2D eigenvalue weighted by atomic mass is 9.98. The fraction of sp³-hybridized carbons (Fsp3) is 0. The predicted octanol–water partition coefficient (Wildman–Crippen LogP) is 11.5. The summed E-state index contributed by atoms with van der Waals surface area (Å²) in [6.45, 7) is 0. The molecule has 0 atom stereocenters. The van der Waals surface area contributed by atoms with Crippen molar-refractivity contribution in [3.05, 3.63) is 164 Å². The van der Waals surface area contributed by atoms with E-state index in [9.17, 15) is 0 Å². The van der Waals surface area contributed by atoms with Crippen molar-refractivity contribution in [1.82, 2.24) is 0 Å². The zero-order valence-corrected chi connectivity index (χ0v) is 22.9. The first-order chi connectivity index (χ1) is 20.8. The van der Waals surface area contributed by atoms with Gasteiger partial charge in [-0.3, -0.25) is 0 Å². The van der Waals surface area contributed by atoms with Crippen LogP contribution in [-0.2, 0) is 0 Å². The molecule has 8 rings (SSSR count). The van der Waals surface area contributed by atoms with Crippen LogP contribution in [0.5, 0.6) is 0 Å². The van der Waals surface area contributed by atoms with Gasteiger partial charge in [0.05, 0.1) is 0 Å². The molecule has 0 unspecified atom stereocenters. The monoisotopic (exact) mass is 537 g/mol. The number of rotatable bonds is 5. The summed E-state index contributed by atoms with van der Waals surface area (Å²) in [4.78, 5) is 2.30. The minimum atomic E-state index is 0.910. The molecule has 0 aliphatic rings. The van der Waals surface area contributed by atoms with Gasteiger partial charge in [0.1, 0.15) is 11.2 Å². The van der Waals surface area contributed by atoms with Crippen molar-refractivity contribution in [3.63, 3.8) is 0 Å². The zero-order chi connectivity index (χ0) is 27.9. The van der Waals surface area contributed by atoms with Crippen molar-refractivity contribution in [2.75, 3.05) is 4.90 Å². The van der Waals surface area contributed by atoms with E-state index in [-0.39, 0.29) is 0 Å². The Morgan fingerprint density at radius 1 is 0.381 bits per heavy atom. The van der Waals surface area contributed by atoms with Gasteiger partial charge in [0.2, 0.25) is 0 Å². The smallest absolute Gasteiger partial charge is 0.143 e. The Balaban J connectivity index is 1.21. The van der Waals surface area contributed by atoms with E-state index >= 15 is 0 Å². The SMILES string of the molecule is c1ccc(-c2ccc(N(c3ccccc3)c3ccc(-c4cccc5oc6c7ccccc7ccc6c45)cc3)cc2)cc1. The Hall–Kier alpha value is -5.60. The molecule has 2 heteroatoms. The van der Waals surface area contributed by atoms with Gasteiger partial charge in [0.15, 0.2) is 0 Å². The summed E-state index contributed by atoms with van der Waals surface area (Å²) >= 11 is 0. The molecule has 198 valence electrons. The number of hydrogen-bond donors (Lipinski definition) is 0. The summed E-state index contributed by atoms with van der Waals surface area (Å²) in [6.07, 6.45) is 0. The Labute approximate surface area is 244 Å². The third-order valence-electron chi connectivity index (χ3n) is 8.07. The molecule has 0 fully saturated rings. The second-order valence-electron chi connectivity index (χ2n) is 10.6. The van der Waals surface area contributed by atoms with Crippen LogP contribution in [0, 0.1) is 0 Å². The van der Waals surface area contributed by atoms with Crippen LogP contribution in [0.4, 0.5) is 17.1 Å². The number of benzene rings is 7. The maximum absolute atomic E-state index is 6.44. The molecule has 7 aromatic carbocycles. The zero-order valence-electron chi connectivity index (χ0n) is 22.9. The van der Waals surface area contributed by atoms with Crippen LogP contribution in [0.2, 0.25) is 0 Å². The largest absolute Gasteiger partial charge is 0.455 e. The van der Waals surface area contributed by atoms with Crippen molar-refractivity contribution in [1.29, 1.82) is 0 Å². The van der Waals surface area contributed by atoms with E-state index in [4.69, 9.17) is 4.42 Å². The van der Waals surface area contributed by atoms with Crippen LogP contribution < -0.4 is 4.90 Å². The highest BCUT2D eigenvalue weighted by molar-refractivity contribution is 6.19. The number of hydrogen-bond acceptors (Lipinski definition) is 2. The lowest BCUT2D eigenvalue weighted by Crippen LogP contribution is -2.09. The molecule has 0 saturated carbocycles. The normalized spacial score (nSPS) is 11.3. The first-order valence-electron chi connectivity index (χ1n) is 14.3. The van der Waals surface area contributed by atoms with Crippen LogP contribution in [0.1, 0.15) is 0 Å². The minimum Gasteiger partial charge on any atom is -0.455 e. The van der Waals surface area contributed by atoms with Crippen LogP contribution in [-0.4, -0.2) is 0 Å². The summed E-state index contributed by atoms with van der Waals surface area (Å²) in [7, 11) is 0. The van der Waals surface area contributed by atoms with Crippen molar-refractivity contribution in [2.24, 2.45) is 0 Å². The standard InChI is InChI=1S/C40H27NO/c1-3-10-28(11-4-1)29-18-23-33(24-19-29)41(32-13-5-2-6-14-32)34-25-20-31(21-26-34)35-16-9-17-38-39(35)37-27-22-30-12-7-8-15-36(30)40(37)42-38/h1-27H. The Morgan fingerprint density at radius 3 is 1.71 bits per heavy atom. The molecule has 0 aliphatic carbocycles. The van der Waals surface area contributed by atoms with Gasteiger partial charge in [-0.15, -0.1) is 0 Å². The van der Waals surface area contributed by atoms with E-state index < -0.39 is 0 Å². The second-order valence-corrected chi connectivity index (χ2v) is 10.6. The topological polar surface area (TPSA) is 16.4 Å². The Morgan fingerprint density at radius 2 is 0.976 bits per heavy atom. The predicted molar refractivity (Wildman–Crippen MR) is 177 cm³/mol. The van der Waals surface area contributed by atoms with E-state index in [1.54, 1.807) is 0 Å². The molecule has 2 nitrogen and oxygen atoms in total. The van der Waals surface area contributed by atoms with Gasteiger partial charge in [0, 0.05) is 33.2 Å². The number of anilines is 3. The Kier molecular flexibility index (Phi) is 5.82. The molecule has 0 saturated heterocycles. The molecule has 0 spiro atoms. The lowest BCUT2D eigenvalue weighted by molar-refractivity contribution is 0.673. The van der Waals surface area contributed by atoms with Crippen molar-refractivity contribution < 1.29 is 4.42 Å². The fourth-order valence-electron chi connectivity index (χ4n) is 6.04. The number of fused-ring (bicyclic) bond motifs is 5. The molecule has 0 aliphatic heterocycles. The van der Waals surface area contributed by atoms with Gasteiger partial charge >= 0.3 is 0 Å². The highest BCUT2D eigenvalue weighted by Crippen LogP contribution is 2.41. The molecule has 8 aromatic rings. The van der Waals surface area contributed by atoms with Crippen LogP contribution in [0.25, 0.3) is 55.0 Å². The summed E-state index contributed by atoms with van der Waals surface area (Å²) in [5.74, 6) is 0. The van der Waals surface area contributed by atoms with Crippen LogP contribution in [0.15, 0.2) is 168 Å². The van der Waals surface area contributed by atoms with Crippen molar-refractivity contribution >= 4 is 49.8 Å². The van der Waals surface area contributed by atoms with Crippen molar-refractivity contribution in [2.45, 2.75) is 0 Å². The van der Waals surface area contributed by atoms with Gasteiger partial charge in [0.25, 0.3) is 0 Å². The van der Waals surface area contributed by atoms with Crippen LogP contribution >= 0.6 is 0 Å². The minimum absolute atomic E-state index is 0.910. The summed E-state index contributed by atoms with van der Waals surface area (Å²) in [5.41, 5.74) is 9.95. The molecule has 0 N–H and O–H groups in total. The molecular weight excluding hydrogens is 510 g/mol. The molecule has 0 radical (unpaired) electrons. The molecule has 0 bridgehead atoms. The van der Waals surface area contributed by atoms with Crippen molar-refractivity contribution in [3.8, 4) is 22.3 Å². The molecule has 1 aromatic heterocycles. The van der Waals surface area contributed by atoms with Gasteiger partial charge in [-0.05, 0) is 76.2 Å². The molecule has 0 amide bonds. The average molecular weight is 538 g/mol. The van der Waals surface area contributed by atoms with E-state index in [1.165, 1.54) is 22.1 Å². The molecule has 1 heterocycles. The number of nitrogens with zero attached hydrogens (tertiary/aromatic N) is 1. The average Bonchev–Trinajstić information content (AvgIpc) is 3.46. The van der Waals surface area contributed by atoms with Gasteiger partial charge in [-0.1, -0.05) is 115 Å². The van der Waals surface area contributed by atoms with Gasteiger partial charge < -0.3 is 9.32 Å².